The van der Waals surface area contributed by atoms with Gasteiger partial charge in [-0.2, -0.15) is 0 Å². The van der Waals surface area contributed by atoms with Crippen LogP contribution in [0.1, 0.15) is 114 Å². The van der Waals surface area contributed by atoms with Crippen molar-refractivity contribution in [3.63, 3.8) is 0 Å². The molecule has 64 heavy (non-hydrogen) atoms. The largest absolute Gasteiger partial charge is 0.463 e. The van der Waals surface area contributed by atoms with E-state index in [9.17, 15) is 40.2 Å². The second kappa shape index (κ2) is 31.5. The molecule has 2 aromatic carbocycles. The Kier molecular flexibility index (Phi) is 26.1. The second-order valence-electron chi connectivity index (χ2n) is 17.8. The van der Waals surface area contributed by atoms with E-state index in [1.54, 1.807) is 0 Å². The van der Waals surface area contributed by atoms with Gasteiger partial charge in [0, 0.05) is 12.8 Å². The molecule has 0 amide bonds. The van der Waals surface area contributed by atoms with Gasteiger partial charge in [-0.1, -0.05) is 85.0 Å². The summed E-state index contributed by atoms with van der Waals surface area (Å²) in [7, 11) is 0. The average molecular weight is 895 g/mol. The number of esters is 2. The third kappa shape index (κ3) is 21.2. The lowest BCUT2D eigenvalue weighted by Crippen LogP contribution is -2.23. The van der Waals surface area contributed by atoms with Crippen LogP contribution in [0.15, 0.2) is 85.0 Å². The summed E-state index contributed by atoms with van der Waals surface area (Å²) in [6.45, 7) is 1.45. The summed E-state index contributed by atoms with van der Waals surface area (Å²) < 4.78 is 21.4. The van der Waals surface area contributed by atoms with E-state index in [2.05, 4.69) is 24.3 Å². The van der Waals surface area contributed by atoms with E-state index in [1.807, 2.05) is 60.7 Å². The molecular weight excluding hydrogens is 817 g/mol. The van der Waals surface area contributed by atoms with Crippen LogP contribution in [0.25, 0.3) is 0 Å². The van der Waals surface area contributed by atoms with Crippen molar-refractivity contribution in [1.82, 2.24) is 0 Å². The first-order valence-electron chi connectivity index (χ1n) is 24.0. The standard InChI is InChI=1S/C52H78O12/c53-41(25-23-39-15-7-5-8-16-39)27-29-45-43(47(55)37-49(45)57)19-11-1-3-13-21-51(59)63-35-33-61-31-32-62-34-36-64-52(60)22-14-4-2-12-20-44-46(50(58)38-48(44)56)30-28-42(54)26-24-40-17-9-6-10-18-40/h1-2,5-12,15-18,41-50,53-58H,3-4,13-14,19-38H2/b11-1-,12-2-/t41-,42-,43+,44+,45+,46+,47-,48-,49+,50+/m0/s1. The summed E-state index contributed by atoms with van der Waals surface area (Å²) >= 11 is 0. The smallest absolute Gasteiger partial charge is 0.305 e. The molecule has 12 nitrogen and oxygen atoms in total. The number of unbranched alkanes of at least 4 members (excludes halogenated alkanes) is 2. The lowest BCUT2D eigenvalue weighted by atomic mass is 9.85. The number of allylic oxidation sites excluding steroid dienone is 4. The molecule has 2 fully saturated rings. The number of carbonyl (C=O) groups excluding carboxylic acids is 2. The fourth-order valence-electron chi connectivity index (χ4n) is 9.19. The predicted octanol–water partition coefficient (Wildman–Crippen LogP) is 6.60. The van der Waals surface area contributed by atoms with Crippen molar-refractivity contribution in [1.29, 1.82) is 0 Å². The first kappa shape index (κ1) is 53.2. The molecular formula is C52H78O12. The van der Waals surface area contributed by atoms with Gasteiger partial charge in [-0.25, -0.2) is 0 Å². The van der Waals surface area contributed by atoms with E-state index >= 15 is 0 Å². The Bertz CT molecular complexity index is 1470. The Morgan fingerprint density at radius 2 is 0.891 bits per heavy atom. The van der Waals surface area contributed by atoms with Gasteiger partial charge in [0.15, 0.2) is 0 Å². The van der Waals surface area contributed by atoms with Crippen LogP contribution in [0.4, 0.5) is 0 Å². The molecule has 4 rings (SSSR count). The Balaban J connectivity index is 0.917. The zero-order chi connectivity index (χ0) is 45.8. The maximum absolute atomic E-state index is 12.1. The fourth-order valence-corrected chi connectivity index (χ4v) is 9.19. The first-order valence-corrected chi connectivity index (χ1v) is 24.0. The number of hydrogen-bond donors (Lipinski definition) is 6. The summed E-state index contributed by atoms with van der Waals surface area (Å²) in [4.78, 5) is 24.2. The Labute approximate surface area is 381 Å². The molecule has 2 saturated carbocycles. The number of carbonyl (C=O) groups is 2. The maximum atomic E-state index is 12.1. The molecule has 0 saturated heterocycles. The predicted molar refractivity (Wildman–Crippen MR) is 246 cm³/mol. The van der Waals surface area contributed by atoms with Gasteiger partial charge in [-0.15, -0.1) is 0 Å². The number of rotatable bonds is 33. The maximum Gasteiger partial charge on any atom is 0.305 e. The van der Waals surface area contributed by atoms with Crippen molar-refractivity contribution in [2.24, 2.45) is 23.7 Å². The van der Waals surface area contributed by atoms with Gasteiger partial charge in [0.1, 0.15) is 13.2 Å². The molecule has 2 aromatic rings. The molecule has 12 heteroatoms. The van der Waals surface area contributed by atoms with Crippen molar-refractivity contribution in [2.45, 2.75) is 152 Å². The summed E-state index contributed by atoms with van der Waals surface area (Å²) in [5.41, 5.74) is 2.39. The molecule has 0 unspecified atom stereocenters. The van der Waals surface area contributed by atoms with Crippen LogP contribution >= 0.6 is 0 Å². The molecule has 0 spiro atoms. The summed E-state index contributed by atoms with van der Waals surface area (Å²) in [5, 5.41) is 63.4. The topological polar surface area (TPSA) is 192 Å². The Morgan fingerprint density at radius 3 is 1.30 bits per heavy atom. The van der Waals surface area contributed by atoms with Crippen LogP contribution in [-0.2, 0) is 41.4 Å². The van der Waals surface area contributed by atoms with Crippen LogP contribution in [0, 0.1) is 23.7 Å². The van der Waals surface area contributed by atoms with E-state index in [-0.39, 0.29) is 62.0 Å². The van der Waals surface area contributed by atoms with E-state index < -0.39 is 36.6 Å². The molecule has 6 N–H and O–H groups in total. The Morgan fingerprint density at radius 1 is 0.516 bits per heavy atom. The van der Waals surface area contributed by atoms with E-state index in [4.69, 9.17) is 18.9 Å². The number of aliphatic hydroxyl groups excluding tert-OH is 6. The van der Waals surface area contributed by atoms with Crippen molar-refractivity contribution >= 4 is 11.9 Å². The molecule has 358 valence electrons. The van der Waals surface area contributed by atoms with Crippen LogP contribution in [0.2, 0.25) is 0 Å². The molecule has 0 aromatic heterocycles. The third-order valence-electron chi connectivity index (χ3n) is 12.9. The highest BCUT2D eigenvalue weighted by Crippen LogP contribution is 2.40. The molecule has 2 aliphatic rings. The number of hydrogen-bond acceptors (Lipinski definition) is 12. The van der Waals surface area contributed by atoms with Gasteiger partial charge in [0.05, 0.1) is 63.1 Å². The zero-order valence-corrected chi connectivity index (χ0v) is 38.0. The van der Waals surface area contributed by atoms with Gasteiger partial charge in [0.25, 0.3) is 0 Å². The lowest BCUT2D eigenvalue weighted by Gasteiger charge is -2.23. The molecule has 0 heterocycles. The molecule has 0 aliphatic heterocycles. The molecule has 2 aliphatic carbocycles. The van der Waals surface area contributed by atoms with Gasteiger partial charge in [0.2, 0.25) is 0 Å². The number of aliphatic hydroxyl groups is 6. The summed E-state index contributed by atoms with van der Waals surface area (Å²) in [6, 6.07) is 20.2. The highest BCUT2D eigenvalue weighted by Gasteiger charge is 2.41. The molecule has 0 radical (unpaired) electrons. The van der Waals surface area contributed by atoms with E-state index in [1.165, 1.54) is 11.1 Å². The van der Waals surface area contributed by atoms with E-state index in [0.29, 0.717) is 116 Å². The van der Waals surface area contributed by atoms with Crippen LogP contribution < -0.4 is 0 Å². The minimum atomic E-state index is -0.568. The minimum Gasteiger partial charge on any atom is -0.463 e. The van der Waals surface area contributed by atoms with Crippen LogP contribution in [0.5, 0.6) is 0 Å². The quantitative estimate of drug-likeness (QED) is 0.0256. The summed E-state index contributed by atoms with van der Waals surface area (Å²) in [5.74, 6) is -0.790. The normalized spacial score (nSPS) is 24.4. The number of ether oxygens (including phenoxy) is 4. The van der Waals surface area contributed by atoms with Gasteiger partial charge < -0.3 is 49.6 Å². The molecule has 10 atom stereocenters. The number of aryl methyl sites for hydroxylation is 2. The zero-order valence-electron chi connectivity index (χ0n) is 38.0. The van der Waals surface area contributed by atoms with Crippen LogP contribution in [0.3, 0.4) is 0 Å². The molecule has 0 bridgehead atoms. The average Bonchev–Trinajstić information content (AvgIpc) is 3.73. The van der Waals surface area contributed by atoms with Gasteiger partial charge in [-0.05, 0) is 138 Å². The van der Waals surface area contributed by atoms with Crippen molar-refractivity contribution in [3.05, 3.63) is 96.1 Å². The monoisotopic (exact) mass is 895 g/mol. The van der Waals surface area contributed by atoms with Crippen molar-refractivity contribution < 1.29 is 59.2 Å². The third-order valence-corrected chi connectivity index (χ3v) is 12.9. The van der Waals surface area contributed by atoms with Crippen molar-refractivity contribution in [3.8, 4) is 0 Å². The minimum absolute atomic E-state index is 0.0530. The lowest BCUT2D eigenvalue weighted by molar-refractivity contribution is -0.147. The fraction of sp³-hybridized carbons (Fsp3) is 0.654. The number of benzene rings is 2. The second-order valence-corrected chi connectivity index (χ2v) is 17.8. The highest BCUT2D eigenvalue weighted by molar-refractivity contribution is 5.69. The first-order chi connectivity index (χ1) is 31.1. The van der Waals surface area contributed by atoms with Crippen LogP contribution in [-0.4, -0.2) is 119 Å². The SMILES string of the molecule is O=C(CCC/C=C\C[C@@H]1[C@@H](CC[C@@H](O)CCc2ccccc2)[C@H](O)C[C@@H]1O)OCCOCCOCCOC(=O)CCC/C=C\C[C@@H]1[C@@H](CC[C@@H](O)CCc2ccccc2)[C@H](O)C[C@@H]1O. The Hall–Kier alpha value is -3.46. The van der Waals surface area contributed by atoms with Gasteiger partial charge in [-0.3, -0.25) is 9.59 Å². The van der Waals surface area contributed by atoms with Crippen molar-refractivity contribution in [2.75, 3.05) is 39.6 Å². The van der Waals surface area contributed by atoms with E-state index in [0.717, 1.165) is 12.8 Å². The highest BCUT2D eigenvalue weighted by atomic mass is 16.6. The summed E-state index contributed by atoms with van der Waals surface area (Å²) in [6.07, 6.45) is 15.7. The van der Waals surface area contributed by atoms with Gasteiger partial charge >= 0.3 is 11.9 Å².